The molecule has 0 amide bonds. The zero-order valence-corrected chi connectivity index (χ0v) is 10.7. The van der Waals surface area contributed by atoms with Crippen LogP contribution in [0.5, 0.6) is 0 Å². The molecule has 0 spiro atoms. The van der Waals surface area contributed by atoms with E-state index in [-0.39, 0.29) is 11.4 Å². The van der Waals surface area contributed by atoms with Gasteiger partial charge in [0.1, 0.15) is 5.82 Å². The van der Waals surface area contributed by atoms with Crippen LogP contribution >= 0.6 is 0 Å². The molecule has 18 heavy (non-hydrogen) atoms. The first-order chi connectivity index (χ1) is 8.49. The minimum Gasteiger partial charge on any atom is -0.397 e. The van der Waals surface area contributed by atoms with E-state index < -0.39 is 16.0 Å². The van der Waals surface area contributed by atoms with Crippen molar-refractivity contribution < 1.29 is 12.8 Å². The van der Waals surface area contributed by atoms with Crippen LogP contribution in [0.4, 0.5) is 15.8 Å². The molecule has 1 aliphatic rings. The molecule has 1 aliphatic heterocycles. The Morgan fingerprint density at radius 2 is 1.89 bits per heavy atom. The van der Waals surface area contributed by atoms with E-state index in [0.717, 1.165) is 25.3 Å². The molecule has 0 saturated carbocycles. The normalized spacial score (nSPS) is 17.6. The lowest BCUT2D eigenvalue weighted by molar-refractivity contribution is 0.349. The van der Waals surface area contributed by atoms with Crippen molar-refractivity contribution >= 4 is 21.6 Å². The molecule has 0 aromatic heterocycles. The Morgan fingerprint density at radius 3 is 2.56 bits per heavy atom. The number of nitrogens with zero attached hydrogens (tertiary/aromatic N) is 1. The third-order valence-electron chi connectivity index (χ3n) is 2.91. The van der Waals surface area contributed by atoms with Crippen molar-refractivity contribution in [2.45, 2.75) is 19.3 Å². The molecule has 3 N–H and O–H groups in total. The summed E-state index contributed by atoms with van der Waals surface area (Å²) < 4.78 is 40.9. The number of piperidine rings is 1. The quantitative estimate of drug-likeness (QED) is 0.820. The lowest BCUT2D eigenvalue weighted by atomic mass is 10.2. The Labute approximate surface area is 106 Å². The lowest BCUT2D eigenvalue weighted by Crippen LogP contribution is -2.39. The van der Waals surface area contributed by atoms with Gasteiger partial charge in [-0.05, 0) is 25.0 Å². The van der Waals surface area contributed by atoms with Gasteiger partial charge in [0.2, 0.25) is 0 Å². The second-order valence-electron chi connectivity index (χ2n) is 4.30. The molecule has 100 valence electrons. The first-order valence-corrected chi connectivity index (χ1v) is 7.26. The second kappa shape index (κ2) is 5.11. The number of nitrogen functional groups attached to an aromatic ring is 1. The molecular weight excluding hydrogens is 257 g/mol. The largest absolute Gasteiger partial charge is 0.397 e. The maximum Gasteiger partial charge on any atom is 0.301 e. The van der Waals surface area contributed by atoms with Crippen molar-refractivity contribution in [1.29, 1.82) is 0 Å². The number of anilines is 2. The summed E-state index contributed by atoms with van der Waals surface area (Å²) >= 11 is 0. The summed E-state index contributed by atoms with van der Waals surface area (Å²) in [6.45, 7) is 0.981. The molecular formula is C11H16FN3O2S. The zero-order chi connectivity index (χ0) is 13.2. The molecule has 1 fully saturated rings. The Balaban J connectivity index is 2.18. The average molecular weight is 273 g/mol. The van der Waals surface area contributed by atoms with Crippen molar-refractivity contribution in [3.63, 3.8) is 0 Å². The van der Waals surface area contributed by atoms with Gasteiger partial charge in [0.05, 0.1) is 11.4 Å². The topological polar surface area (TPSA) is 75.4 Å². The van der Waals surface area contributed by atoms with Gasteiger partial charge in [0.15, 0.2) is 0 Å². The minimum absolute atomic E-state index is 0.0839. The van der Waals surface area contributed by atoms with E-state index in [0.29, 0.717) is 13.1 Å². The predicted molar refractivity (Wildman–Crippen MR) is 68.8 cm³/mol. The van der Waals surface area contributed by atoms with Crippen molar-refractivity contribution in [1.82, 2.24) is 4.31 Å². The summed E-state index contributed by atoms with van der Waals surface area (Å²) in [6.07, 6.45) is 2.73. The minimum atomic E-state index is -3.64. The van der Waals surface area contributed by atoms with Crippen molar-refractivity contribution in [3.8, 4) is 0 Å². The SMILES string of the molecule is Nc1ccc(F)cc1NS(=O)(=O)N1CCCCC1. The van der Waals surface area contributed by atoms with E-state index in [2.05, 4.69) is 4.72 Å². The number of hydrogen-bond donors (Lipinski definition) is 2. The molecule has 1 aromatic carbocycles. The number of rotatable bonds is 3. The fraction of sp³-hybridized carbons (Fsp3) is 0.455. The van der Waals surface area contributed by atoms with Gasteiger partial charge in [-0.15, -0.1) is 0 Å². The van der Waals surface area contributed by atoms with Crippen LogP contribution in [0.25, 0.3) is 0 Å². The van der Waals surface area contributed by atoms with Gasteiger partial charge in [-0.3, -0.25) is 4.72 Å². The molecule has 7 heteroatoms. The predicted octanol–water partition coefficient (Wildman–Crippen LogP) is 1.55. The van der Waals surface area contributed by atoms with Crippen molar-refractivity contribution in [2.24, 2.45) is 0 Å². The van der Waals surface area contributed by atoms with E-state index in [4.69, 9.17) is 5.73 Å². The summed E-state index contributed by atoms with van der Waals surface area (Å²) in [5.41, 5.74) is 5.90. The average Bonchev–Trinajstić information content (AvgIpc) is 2.35. The van der Waals surface area contributed by atoms with Gasteiger partial charge >= 0.3 is 10.2 Å². The van der Waals surface area contributed by atoms with Crippen LogP contribution in [0.2, 0.25) is 0 Å². The van der Waals surface area contributed by atoms with E-state index >= 15 is 0 Å². The highest BCUT2D eigenvalue weighted by Crippen LogP contribution is 2.22. The molecule has 0 atom stereocenters. The third kappa shape index (κ3) is 2.91. The summed E-state index contributed by atoms with van der Waals surface area (Å²) in [5, 5.41) is 0. The maximum atomic E-state index is 13.1. The number of benzene rings is 1. The molecule has 1 aromatic rings. The van der Waals surface area contributed by atoms with Crippen molar-refractivity contribution in [2.75, 3.05) is 23.5 Å². The standard InChI is InChI=1S/C11H16FN3O2S/c12-9-4-5-10(13)11(8-9)14-18(16,17)15-6-2-1-3-7-15/h4-5,8,14H,1-3,6-7,13H2. The van der Waals surface area contributed by atoms with Gasteiger partial charge in [-0.25, -0.2) is 4.39 Å². The number of halogens is 1. The van der Waals surface area contributed by atoms with Gasteiger partial charge in [-0.2, -0.15) is 12.7 Å². The number of nitrogens with two attached hydrogens (primary N) is 1. The summed E-state index contributed by atoms with van der Waals surface area (Å²) in [6, 6.07) is 3.61. The van der Waals surface area contributed by atoms with Crippen LogP contribution < -0.4 is 10.5 Å². The maximum absolute atomic E-state index is 13.1. The van der Waals surface area contributed by atoms with E-state index in [1.165, 1.54) is 16.4 Å². The van der Waals surface area contributed by atoms with Crippen LogP contribution in [0, 0.1) is 5.82 Å². The number of nitrogens with one attached hydrogen (secondary N) is 1. The van der Waals surface area contributed by atoms with Crippen LogP contribution in [-0.4, -0.2) is 25.8 Å². The Bertz CT molecular complexity index is 527. The second-order valence-corrected chi connectivity index (χ2v) is 5.97. The number of hydrogen-bond acceptors (Lipinski definition) is 3. The van der Waals surface area contributed by atoms with E-state index in [9.17, 15) is 12.8 Å². The fourth-order valence-electron chi connectivity index (χ4n) is 1.93. The summed E-state index contributed by atoms with van der Waals surface area (Å²) in [4.78, 5) is 0. The Morgan fingerprint density at radius 1 is 1.22 bits per heavy atom. The first-order valence-electron chi connectivity index (χ1n) is 5.82. The smallest absolute Gasteiger partial charge is 0.301 e. The molecule has 0 bridgehead atoms. The van der Waals surface area contributed by atoms with Crippen LogP contribution in [-0.2, 0) is 10.2 Å². The van der Waals surface area contributed by atoms with Gasteiger partial charge in [-0.1, -0.05) is 6.42 Å². The molecule has 0 aliphatic carbocycles. The summed E-state index contributed by atoms with van der Waals surface area (Å²) in [7, 11) is -3.64. The molecule has 5 nitrogen and oxygen atoms in total. The van der Waals surface area contributed by atoms with E-state index in [1.54, 1.807) is 0 Å². The lowest BCUT2D eigenvalue weighted by Gasteiger charge is -2.26. The highest BCUT2D eigenvalue weighted by atomic mass is 32.2. The molecule has 2 rings (SSSR count). The van der Waals surface area contributed by atoms with Crippen LogP contribution in [0.15, 0.2) is 18.2 Å². The Kier molecular flexibility index (Phi) is 3.72. The van der Waals surface area contributed by atoms with Crippen LogP contribution in [0.3, 0.4) is 0 Å². The highest BCUT2D eigenvalue weighted by molar-refractivity contribution is 7.90. The van der Waals surface area contributed by atoms with Gasteiger partial charge < -0.3 is 5.73 Å². The van der Waals surface area contributed by atoms with E-state index in [1.807, 2.05) is 0 Å². The van der Waals surface area contributed by atoms with Crippen molar-refractivity contribution in [3.05, 3.63) is 24.0 Å². The van der Waals surface area contributed by atoms with Gasteiger partial charge in [0, 0.05) is 19.2 Å². The fourth-order valence-corrected chi connectivity index (χ4v) is 3.25. The molecule has 0 unspecified atom stereocenters. The third-order valence-corrected chi connectivity index (χ3v) is 4.43. The van der Waals surface area contributed by atoms with Crippen LogP contribution in [0.1, 0.15) is 19.3 Å². The molecule has 1 saturated heterocycles. The Hall–Kier alpha value is -1.34. The summed E-state index contributed by atoms with van der Waals surface area (Å²) in [5.74, 6) is -0.527. The molecule has 0 radical (unpaired) electrons. The monoisotopic (exact) mass is 273 g/mol. The highest BCUT2D eigenvalue weighted by Gasteiger charge is 2.24. The zero-order valence-electron chi connectivity index (χ0n) is 9.89. The molecule has 1 heterocycles. The van der Waals surface area contributed by atoms with Gasteiger partial charge in [0.25, 0.3) is 0 Å². The first kappa shape index (κ1) is 13.1.